The minimum Gasteiger partial charge on any atom is -0.507 e. The van der Waals surface area contributed by atoms with Gasteiger partial charge in [0.2, 0.25) is 6.29 Å². The van der Waals surface area contributed by atoms with Gasteiger partial charge in [0, 0.05) is 24.1 Å². The molecule has 2 aliphatic rings. The number of hydrogen-bond donors (Lipinski definition) is 7. The van der Waals surface area contributed by atoms with Crippen LogP contribution in [0.4, 0.5) is 0 Å². The quantitative estimate of drug-likeness (QED) is 0.205. The molecule has 0 bridgehead atoms. The normalized spacial score (nSPS) is 32.1. The summed E-state index contributed by atoms with van der Waals surface area (Å²) in [5.74, 6) is 0.131. The Morgan fingerprint density at radius 1 is 0.951 bits per heavy atom. The molecule has 2 aromatic carbocycles. The van der Waals surface area contributed by atoms with Crippen LogP contribution < -0.4 is 14.9 Å². The van der Waals surface area contributed by atoms with Gasteiger partial charge < -0.3 is 59.1 Å². The molecule has 2 fully saturated rings. The number of rotatable bonds is 6. The molecule has 0 spiro atoms. The lowest BCUT2D eigenvalue weighted by atomic mass is 9.92. The van der Waals surface area contributed by atoms with Gasteiger partial charge in [-0.3, -0.25) is 4.79 Å². The monoisotopic (exact) mass is 576 g/mol. The summed E-state index contributed by atoms with van der Waals surface area (Å²) in [6.45, 7) is 1.00. The summed E-state index contributed by atoms with van der Waals surface area (Å²) >= 11 is 0. The van der Waals surface area contributed by atoms with Crippen LogP contribution in [0.25, 0.3) is 22.3 Å². The summed E-state index contributed by atoms with van der Waals surface area (Å²) in [7, 11) is 1.37. The zero-order valence-electron chi connectivity index (χ0n) is 22.2. The number of aromatic hydroxyl groups is 1. The van der Waals surface area contributed by atoms with Crippen molar-refractivity contribution in [3.63, 3.8) is 0 Å². The van der Waals surface area contributed by atoms with Gasteiger partial charge in [-0.1, -0.05) is 0 Å². The minimum absolute atomic E-state index is 0.00761. The molecule has 2 aliphatic heterocycles. The fourth-order valence-corrected chi connectivity index (χ4v) is 5.18. The molecule has 2 saturated heterocycles. The van der Waals surface area contributed by atoms with Crippen LogP contribution in [0.15, 0.2) is 45.6 Å². The topological polar surface area (TPSA) is 209 Å². The number of ether oxygens (including phenoxy) is 4. The van der Waals surface area contributed by atoms with Gasteiger partial charge in [0.1, 0.15) is 58.9 Å². The zero-order valence-corrected chi connectivity index (χ0v) is 22.2. The molecule has 41 heavy (non-hydrogen) atoms. The predicted molar refractivity (Wildman–Crippen MR) is 140 cm³/mol. The van der Waals surface area contributed by atoms with E-state index in [1.807, 2.05) is 0 Å². The van der Waals surface area contributed by atoms with E-state index in [4.69, 9.17) is 23.4 Å². The lowest BCUT2D eigenvalue weighted by molar-refractivity contribution is -0.277. The van der Waals surface area contributed by atoms with Crippen LogP contribution in [-0.2, 0) is 9.47 Å². The largest absolute Gasteiger partial charge is 0.507 e. The van der Waals surface area contributed by atoms with Crippen molar-refractivity contribution in [3.8, 4) is 28.6 Å². The van der Waals surface area contributed by atoms with E-state index in [2.05, 4.69) is 0 Å². The van der Waals surface area contributed by atoms with E-state index in [1.54, 1.807) is 19.1 Å². The standard InChI is InChI=1S/C28H32O13/c1-11-23(33)16(32)9-19(38-11)22-18(37-2)8-15(31)21-14(30)7-17(40-27(21)22)12-3-5-13(6-4-12)39-28-26(36)25(35)24(34)20(10-29)41-28/h3-8,11,16,19-20,23-26,28-29,31-36H,9-10H2,1-2H3/t11-,16+,19-,20-,23-,24-,25+,26-,28-/m1/s1. The highest BCUT2D eigenvalue weighted by Gasteiger charge is 2.44. The average molecular weight is 577 g/mol. The van der Waals surface area contributed by atoms with Gasteiger partial charge in [0.15, 0.2) is 11.0 Å². The second kappa shape index (κ2) is 11.5. The number of benzene rings is 2. The first-order valence-electron chi connectivity index (χ1n) is 13.0. The molecule has 3 aromatic rings. The molecule has 222 valence electrons. The Bertz CT molecular complexity index is 1420. The highest BCUT2D eigenvalue weighted by Crippen LogP contribution is 2.44. The second-order valence-corrected chi connectivity index (χ2v) is 10.2. The van der Waals surface area contributed by atoms with Crippen LogP contribution in [-0.4, -0.2) is 98.5 Å². The number of methoxy groups -OCH3 is 1. The van der Waals surface area contributed by atoms with Crippen molar-refractivity contribution in [2.75, 3.05) is 13.7 Å². The van der Waals surface area contributed by atoms with Crippen LogP contribution in [0.5, 0.6) is 17.2 Å². The summed E-state index contributed by atoms with van der Waals surface area (Å²) in [6.07, 6.45) is -11.0. The number of aliphatic hydroxyl groups excluding tert-OH is 6. The van der Waals surface area contributed by atoms with Crippen LogP contribution in [0.1, 0.15) is 25.0 Å². The van der Waals surface area contributed by atoms with Crippen molar-refractivity contribution in [1.29, 1.82) is 0 Å². The van der Waals surface area contributed by atoms with Crippen molar-refractivity contribution in [3.05, 3.63) is 52.2 Å². The fraction of sp³-hybridized carbons (Fsp3) is 0.464. The van der Waals surface area contributed by atoms with E-state index in [1.165, 1.54) is 31.4 Å². The Morgan fingerprint density at radius 3 is 2.29 bits per heavy atom. The van der Waals surface area contributed by atoms with E-state index in [9.17, 15) is 40.5 Å². The maximum atomic E-state index is 13.2. The Kier molecular flexibility index (Phi) is 8.23. The van der Waals surface area contributed by atoms with Crippen molar-refractivity contribution in [2.24, 2.45) is 0 Å². The Hall–Kier alpha value is -3.27. The number of hydrogen-bond acceptors (Lipinski definition) is 13. The van der Waals surface area contributed by atoms with Gasteiger partial charge in [-0.05, 0) is 31.2 Å². The van der Waals surface area contributed by atoms with Gasteiger partial charge in [0.25, 0.3) is 0 Å². The summed E-state index contributed by atoms with van der Waals surface area (Å²) in [6, 6.07) is 8.58. The third kappa shape index (κ3) is 5.38. The molecule has 0 radical (unpaired) electrons. The smallest absolute Gasteiger partial charge is 0.229 e. The lowest BCUT2D eigenvalue weighted by Gasteiger charge is -2.39. The summed E-state index contributed by atoms with van der Waals surface area (Å²) in [4.78, 5) is 13.2. The van der Waals surface area contributed by atoms with Gasteiger partial charge in [-0.2, -0.15) is 0 Å². The van der Waals surface area contributed by atoms with Crippen LogP contribution in [0.3, 0.4) is 0 Å². The second-order valence-electron chi connectivity index (χ2n) is 10.2. The fourth-order valence-electron chi connectivity index (χ4n) is 5.18. The molecule has 7 N–H and O–H groups in total. The van der Waals surface area contributed by atoms with Crippen molar-refractivity contribution in [2.45, 2.75) is 68.5 Å². The van der Waals surface area contributed by atoms with E-state index in [-0.39, 0.29) is 40.4 Å². The van der Waals surface area contributed by atoms with Gasteiger partial charge in [-0.15, -0.1) is 0 Å². The first-order valence-corrected chi connectivity index (χ1v) is 13.0. The zero-order chi connectivity index (χ0) is 29.6. The molecule has 0 unspecified atom stereocenters. The van der Waals surface area contributed by atoms with E-state index >= 15 is 0 Å². The predicted octanol–water partition coefficient (Wildman–Crippen LogP) is -0.0754. The summed E-state index contributed by atoms with van der Waals surface area (Å²) in [5, 5.41) is 70.6. The molecule has 1 aromatic heterocycles. The molecule has 3 heterocycles. The van der Waals surface area contributed by atoms with E-state index < -0.39 is 67.2 Å². The van der Waals surface area contributed by atoms with Crippen molar-refractivity contribution < 1.29 is 59.1 Å². The molecule has 0 amide bonds. The maximum absolute atomic E-state index is 13.2. The number of phenolic OH excluding ortho intramolecular Hbond substituents is 1. The first kappa shape index (κ1) is 29.2. The lowest BCUT2D eigenvalue weighted by Crippen LogP contribution is -2.60. The van der Waals surface area contributed by atoms with Gasteiger partial charge in [0.05, 0.1) is 37.6 Å². The molecular formula is C28H32O13. The Balaban J connectivity index is 1.49. The molecule has 9 atom stereocenters. The maximum Gasteiger partial charge on any atom is 0.229 e. The molecule has 5 rings (SSSR count). The third-order valence-electron chi connectivity index (χ3n) is 7.47. The van der Waals surface area contributed by atoms with E-state index in [0.717, 1.165) is 0 Å². The summed E-state index contributed by atoms with van der Waals surface area (Å²) in [5.41, 5.74) is 0.173. The first-order chi connectivity index (χ1) is 19.5. The van der Waals surface area contributed by atoms with Crippen molar-refractivity contribution in [1.82, 2.24) is 0 Å². The highest BCUT2D eigenvalue weighted by atomic mass is 16.7. The van der Waals surface area contributed by atoms with Gasteiger partial charge in [-0.25, -0.2) is 0 Å². The minimum atomic E-state index is -1.60. The van der Waals surface area contributed by atoms with Crippen LogP contribution >= 0.6 is 0 Å². The molecule has 0 saturated carbocycles. The molecule has 13 nitrogen and oxygen atoms in total. The van der Waals surface area contributed by atoms with Crippen LogP contribution in [0, 0.1) is 0 Å². The SMILES string of the molecule is COc1cc(O)c2c(=O)cc(-c3ccc(O[C@@H]4O[C@H](CO)[C@@H](O)[C@H](O)[C@H]4O)cc3)oc2c1[C@H]1C[C@H](O)[C@H](O)[C@@H](C)O1. The van der Waals surface area contributed by atoms with E-state index in [0.29, 0.717) is 11.1 Å². The molecule has 13 heteroatoms. The third-order valence-corrected chi connectivity index (χ3v) is 7.47. The molecular weight excluding hydrogens is 544 g/mol. The Morgan fingerprint density at radius 2 is 1.66 bits per heavy atom. The van der Waals surface area contributed by atoms with Gasteiger partial charge >= 0.3 is 0 Å². The number of fused-ring (bicyclic) bond motifs is 1. The average Bonchev–Trinajstić information content (AvgIpc) is 2.95. The molecule has 0 aliphatic carbocycles. The van der Waals surface area contributed by atoms with Crippen molar-refractivity contribution >= 4 is 11.0 Å². The Labute approximate surface area is 233 Å². The van der Waals surface area contributed by atoms with Crippen LogP contribution in [0.2, 0.25) is 0 Å². The number of phenols is 1. The number of aliphatic hydroxyl groups is 6. The summed E-state index contributed by atoms with van der Waals surface area (Å²) < 4.78 is 28.5. The highest BCUT2D eigenvalue weighted by molar-refractivity contribution is 5.89.